The maximum Gasteiger partial charge on any atom is 0.136 e. The van der Waals surface area contributed by atoms with Crippen LogP contribution in [0.15, 0.2) is 53.6 Å². The van der Waals surface area contributed by atoms with E-state index in [2.05, 4.69) is 10.3 Å². The molecule has 0 bridgehead atoms. The van der Waals surface area contributed by atoms with Gasteiger partial charge in [-0.2, -0.15) is 0 Å². The first-order chi connectivity index (χ1) is 8.86. The lowest BCUT2D eigenvalue weighted by Gasteiger charge is -2.05. The first-order valence-electron chi connectivity index (χ1n) is 5.84. The lowest BCUT2D eigenvalue weighted by molar-refractivity contribution is 0.602. The molecule has 18 heavy (non-hydrogen) atoms. The van der Waals surface area contributed by atoms with Gasteiger partial charge in [0, 0.05) is 29.9 Å². The molecule has 1 aromatic carbocycles. The number of hydrogen-bond donors (Lipinski definition) is 1. The summed E-state index contributed by atoms with van der Waals surface area (Å²) in [4.78, 5) is 4.93. The van der Waals surface area contributed by atoms with Gasteiger partial charge in [0.1, 0.15) is 5.82 Å². The Morgan fingerprint density at radius 3 is 2.72 bits per heavy atom. The van der Waals surface area contributed by atoms with Crippen molar-refractivity contribution >= 4 is 11.8 Å². The average Bonchev–Trinajstić information content (AvgIpc) is 2.42. The number of nitrogens with zero attached hydrogens (tertiary/aromatic N) is 1. The van der Waals surface area contributed by atoms with E-state index in [1.54, 1.807) is 18.3 Å². The molecule has 0 saturated heterocycles. The van der Waals surface area contributed by atoms with E-state index in [1.165, 1.54) is 17.8 Å². The Kier molecular flexibility index (Phi) is 5.17. The molecular formula is C14H15FN2S. The van der Waals surface area contributed by atoms with Crippen LogP contribution in [-0.2, 0) is 6.54 Å². The van der Waals surface area contributed by atoms with E-state index in [-0.39, 0.29) is 5.82 Å². The fourth-order valence-corrected chi connectivity index (χ4v) is 2.36. The Morgan fingerprint density at radius 1 is 1.11 bits per heavy atom. The van der Waals surface area contributed by atoms with Gasteiger partial charge in [-0.25, -0.2) is 4.39 Å². The predicted octanol–water partition coefficient (Wildman–Crippen LogP) is 3.10. The number of pyridine rings is 1. The predicted molar refractivity (Wildman–Crippen MR) is 73.1 cm³/mol. The molecule has 0 unspecified atom stereocenters. The number of rotatable bonds is 6. The fourth-order valence-electron chi connectivity index (χ4n) is 1.51. The number of aromatic nitrogens is 1. The Labute approximate surface area is 111 Å². The molecule has 0 aliphatic carbocycles. The summed E-state index contributed by atoms with van der Waals surface area (Å²) < 4.78 is 13.3. The number of nitrogens with one attached hydrogen (secondary N) is 1. The molecule has 0 saturated carbocycles. The van der Waals surface area contributed by atoms with Crippen LogP contribution in [0.4, 0.5) is 4.39 Å². The van der Waals surface area contributed by atoms with Crippen LogP contribution in [0.2, 0.25) is 0 Å². The van der Waals surface area contributed by atoms with Crippen molar-refractivity contribution in [3.63, 3.8) is 0 Å². The Hall–Kier alpha value is -1.39. The van der Waals surface area contributed by atoms with Gasteiger partial charge < -0.3 is 5.32 Å². The summed E-state index contributed by atoms with van der Waals surface area (Å²) in [7, 11) is 0. The van der Waals surface area contributed by atoms with Crippen molar-refractivity contribution in [2.24, 2.45) is 0 Å². The van der Waals surface area contributed by atoms with Gasteiger partial charge in [-0.05, 0) is 24.3 Å². The van der Waals surface area contributed by atoms with Gasteiger partial charge in [0.15, 0.2) is 0 Å². The van der Waals surface area contributed by atoms with E-state index in [0.717, 1.165) is 24.5 Å². The lowest BCUT2D eigenvalue weighted by Crippen LogP contribution is -2.17. The van der Waals surface area contributed by atoms with E-state index in [4.69, 9.17) is 0 Å². The Bertz CT molecular complexity index is 476. The first kappa shape index (κ1) is 13.1. The maximum absolute atomic E-state index is 13.3. The lowest BCUT2D eigenvalue weighted by atomic mass is 10.3. The molecule has 1 N–H and O–H groups in total. The normalized spacial score (nSPS) is 10.5. The van der Waals surface area contributed by atoms with Gasteiger partial charge in [-0.15, -0.1) is 11.8 Å². The van der Waals surface area contributed by atoms with Gasteiger partial charge in [-0.3, -0.25) is 4.98 Å². The van der Waals surface area contributed by atoms with Crippen molar-refractivity contribution in [1.82, 2.24) is 10.3 Å². The Morgan fingerprint density at radius 2 is 1.94 bits per heavy atom. The zero-order chi connectivity index (χ0) is 12.6. The number of hydrogen-bond acceptors (Lipinski definition) is 3. The number of benzene rings is 1. The van der Waals surface area contributed by atoms with E-state index < -0.39 is 0 Å². The van der Waals surface area contributed by atoms with Gasteiger partial charge >= 0.3 is 0 Å². The SMILES string of the molecule is Fc1ccccc1SCCNCc1ccccn1. The summed E-state index contributed by atoms with van der Waals surface area (Å²) in [5.74, 6) is 0.695. The summed E-state index contributed by atoms with van der Waals surface area (Å²) in [6.07, 6.45) is 1.78. The molecular weight excluding hydrogens is 247 g/mol. The van der Waals surface area contributed by atoms with E-state index in [0.29, 0.717) is 4.90 Å². The minimum absolute atomic E-state index is 0.146. The van der Waals surface area contributed by atoms with Crippen molar-refractivity contribution in [2.45, 2.75) is 11.4 Å². The number of thioether (sulfide) groups is 1. The summed E-state index contributed by atoms with van der Waals surface area (Å²) in [6.45, 7) is 1.58. The van der Waals surface area contributed by atoms with Gasteiger partial charge in [0.2, 0.25) is 0 Å². The molecule has 0 spiro atoms. The summed E-state index contributed by atoms with van der Waals surface area (Å²) >= 11 is 1.52. The first-order valence-corrected chi connectivity index (χ1v) is 6.83. The quantitative estimate of drug-likeness (QED) is 0.639. The van der Waals surface area contributed by atoms with Crippen molar-refractivity contribution in [2.75, 3.05) is 12.3 Å². The third kappa shape index (κ3) is 4.13. The molecule has 2 nitrogen and oxygen atoms in total. The highest BCUT2D eigenvalue weighted by atomic mass is 32.2. The third-order valence-corrected chi connectivity index (χ3v) is 3.46. The van der Waals surface area contributed by atoms with Crippen LogP contribution in [0.3, 0.4) is 0 Å². The van der Waals surface area contributed by atoms with Crippen LogP contribution in [0.1, 0.15) is 5.69 Å². The van der Waals surface area contributed by atoms with Crippen LogP contribution >= 0.6 is 11.8 Å². The minimum atomic E-state index is -0.146. The molecule has 1 aromatic heterocycles. The largest absolute Gasteiger partial charge is 0.310 e. The van der Waals surface area contributed by atoms with Crippen LogP contribution in [-0.4, -0.2) is 17.3 Å². The zero-order valence-electron chi connectivity index (χ0n) is 9.97. The zero-order valence-corrected chi connectivity index (χ0v) is 10.8. The fraction of sp³-hybridized carbons (Fsp3) is 0.214. The van der Waals surface area contributed by atoms with Crippen LogP contribution in [0.5, 0.6) is 0 Å². The average molecular weight is 262 g/mol. The second-order valence-corrected chi connectivity index (χ2v) is 4.91. The Balaban J connectivity index is 1.66. The van der Waals surface area contributed by atoms with E-state index in [9.17, 15) is 4.39 Å². The van der Waals surface area contributed by atoms with Gasteiger partial charge in [0.05, 0.1) is 5.69 Å². The molecule has 94 valence electrons. The molecule has 0 amide bonds. The summed E-state index contributed by atoms with van der Waals surface area (Å²) in [5.41, 5.74) is 1.02. The van der Waals surface area contributed by atoms with Gasteiger partial charge in [0.25, 0.3) is 0 Å². The highest BCUT2D eigenvalue weighted by Crippen LogP contribution is 2.20. The summed E-state index contributed by atoms with van der Waals surface area (Å²) in [6, 6.07) is 12.7. The molecule has 0 aliphatic heterocycles. The molecule has 0 aliphatic rings. The molecule has 2 rings (SSSR count). The molecule has 4 heteroatoms. The third-order valence-electron chi connectivity index (χ3n) is 2.41. The van der Waals surface area contributed by atoms with Crippen molar-refractivity contribution in [3.8, 4) is 0 Å². The topological polar surface area (TPSA) is 24.9 Å². The highest BCUT2D eigenvalue weighted by molar-refractivity contribution is 7.99. The molecule has 2 aromatic rings. The van der Waals surface area contributed by atoms with Crippen LogP contribution in [0.25, 0.3) is 0 Å². The van der Waals surface area contributed by atoms with Crippen molar-refractivity contribution in [3.05, 3.63) is 60.2 Å². The van der Waals surface area contributed by atoms with Crippen LogP contribution < -0.4 is 5.32 Å². The standard InChI is InChI=1S/C14H15FN2S/c15-13-6-1-2-7-14(13)18-10-9-16-11-12-5-3-4-8-17-12/h1-8,16H,9-11H2. The van der Waals surface area contributed by atoms with Crippen molar-refractivity contribution < 1.29 is 4.39 Å². The monoisotopic (exact) mass is 262 g/mol. The van der Waals surface area contributed by atoms with Crippen LogP contribution in [0, 0.1) is 5.82 Å². The molecule has 0 radical (unpaired) electrons. The minimum Gasteiger partial charge on any atom is -0.310 e. The van der Waals surface area contributed by atoms with Crippen molar-refractivity contribution in [1.29, 1.82) is 0 Å². The summed E-state index contributed by atoms with van der Waals surface area (Å²) in [5, 5.41) is 3.29. The smallest absolute Gasteiger partial charge is 0.136 e. The maximum atomic E-state index is 13.3. The molecule has 1 heterocycles. The highest BCUT2D eigenvalue weighted by Gasteiger charge is 2.00. The van der Waals surface area contributed by atoms with Gasteiger partial charge in [-0.1, -0.05) is 18.2 Å². The van der Waals surface area contributed by atoms with E-state index >= 15 is 0 Å². The second-order valence-electron chi connectivity index (χ2n) is 3.78. The van der Waals surface area contributed by atoms with E-state index in [1.807, 2.05) is 24.3 Å². The second kappa shape index (κ2) is 7.13. The number of halogens is 1. The molecule has 0 atom stereocenters. The molecule has 0 fully saturated rings.